The minimum Gasteiger partial charge on any atom is -0.468 e. The van der Waals surface area contributed by atoms with E-state index in [9.17, 15) is 4.79 Å². The molecule has 0 bridgehead atoms. The van der Waals surface area contributed by atoms with Gasteiger partial charge in [-0.3, -0.25) is 4.79 Å². The summed E-state index contributed by atoms with van der Waals surface area (Å²) >= 11 is 3.35. The number of carbonyl (C=O) groups excluding carboxylic acids is 1. The van der Waals surface area contributed by atoms with Crippen molar-refractivity contribution in [1.82, 2.24) is 0 Å². The van der Waals surface area contributed by atoms with Crippen molar-refractivity contribution >= 4 is 21.9 Å². The van der Waals surface area contributed by atoms with E-state index in [1.54, 1.807) is 0 Å². The lowest BCUT2D eigenvalue weighted by atomic mass is 10.1. The van der Waals surface area contributed by atoms with Crippen molar-refractivity contribution in [2.45, 2.75) is 82.4 Å². The number of halogens is 1. The van der Waals surface area contributed by atoms with Crippen molar-refractivity contribution in [2.75, 3.05) is 7.11 Å². The highest BCUT2D eigenvalue weighted by Crippen LogP contribution is 2.15. The molecule has 0 amide bonds. The monoisotopic (exact) mass is 320 g/mol. The van der Waals surface area contributed by atoms with Crippen LogP contribution in [0.15, 0.2) is 0 Å². The van der Waals surface area contributed by atoms with Crippen LogP contribution in [0.1, 0.15) is 77.6 Å². The molecule has 0 spiro atoms. The number of ether oxygens (including phenoxy) is 1. The van der Waals surface area contributed by atoms with Crippen molar-refractivity contribution in [3.63, 3.8) is 0 Å². The van der Waals surface area contributed by atoms with Crippen molar-refractivity contribution in [2.24, 2.45) is 0 Å². The number of esters is 1. The number of methoxy groups -OCH3 is 1. The van der Waals surface area contributed by atoms with Crippen LogP contribution in [0.2, 0.25) is 0 Å². The molecular formula is C15H29BrO2. The second kappa shape index (κ2) is 13.4. The van der Waals surface area contributed by atoms with Gasteiger partial charge >= 0.3 is 5.97 Å². The minimum atomic E-state index is -0.147. The van der Waals surface area contributed by atoms with Crippen LogP contribution in [0.4, 0.5) is 0 Å². The van der Waals surface area contributed by atoms with Crippen molar-refractivity contribution in [3.8, 4) is 0 Å². The molecule has 0 rings (SSSR count). The normalized spacial score (nSPS) is 12.4. The third-order valence-corrected chi connectivity index (χ3v) is 4.10. The van der Waals surface area contributed by atoms with Gasteiger partial charge < -0.3 is 4.74 Å². The van der Waals surface area contributed by atoms with Gasteiger partial charge in [0.2, 0.25) is 0 Å². The predicted molar refractivity (Wildman–Crippen MR) is 81.2 cm³/mol. The van der Waals surface area contributed by atoms with Crippen LogP contribution in [0.5, 0.6) is 0 Å². The number of rotatable bonds is 12. The Morgan fingerprint density at radius 3 is 1.83 bits per heavy atom. The maximum absolute atomic E-state index is 11.1. The van der Waals surface area contributed by atoms with Gasteiger partial charge in [-0.2, -0.15) is 0 Å². The highest BCUT2D eigenvalue weighted by Gasteiger charge is 2.13. The topological polar surface area (TPSA) is 26.3 Å². The first kappa shape index (κ1) is 17.9. The summed E-state index contributed by atoms with van der Waals surface area (Å²) in [6.07, 6.45) is 14.2. The summed E-state index contributed by atoms with van der Waals surface area (Å²) in [6.45, 7) is 2.26. The Morgan fingerprint density at radius 2 is 1.39 bits per heavy atom. The summed E-state index contributed by atoms with van der Waals surface area (Å²) in [5.74, 6) is -0.147. The SMILES string of the molecule is CCCCCCCCCCCCC(Br)C(=O)OC. The standard InChI is InChI=1S/C15H29BrO2/c1-3-4-5-6-7-8-9-10-11-12-13-14(16)15(17)18-2/h14H,3-13H2,1-2H3. The number of unbranched alkanes of at least 4 members (excludes halogenated alkanes) is 9. The predicted octanol–water partition coefficient (Wildman–Crippen LogP) is 5.23. The zero-order valence-electron chi connectivity index (χ0n) is 12.0. The highest BCUT2D eigenvalue weighted by atomic mass is 79.9. The Morgan fingerprint density at radius 1 is 0.944 bits per heavy atom. The molecule has 0 fully saturated rings. The van der Waals surface area contributed by atoms with E-state index in [1.165, 1.54) is 64.9 Å². The van der Waals surface area contributed by atoms with Gasteiger partial charge in [0.25, 0.3) is 0 Å². The molecular weight excluding hydrogens is 292 g/mol. The summed E-state index contributed by atoms with van der Waals surface area (Å²) in [6, 6.07) is 0. The first-order valence-corrected chi connectivity index (χ1v) is 8.35. The van der Waals surface area contributed by atoms with E-state index in [2.05, 4.69) is 27.6 Å². The summed E-state index contributed by atoms with van der Waals surface area (Å²) in [5.41, 5.74) is 0. The Bertz CT molecular complexity index is 195. The van der Waals surface area contributed by atoms with Gasteiger partial charge in [0, 0.05) is 0 Å². The Labute approximate surface area is 121 Å². The van der Waals surface area contributed by atoms with E-state index in [-0.39, 0.29) is 10.8 Å². The highest BCUT2D eigenvalue weighted by molar-refractivity contribution is 9.10. The molecule has 0 aliphatic rings. The van der Waals surface area contributed by atoms with Gasteiger partial charge in [-0.1, -0.05) is 87.1 Å². The fraction of sp³-hybridized carbons (Fsp3) is 0.933. The molecule has 18 heavy (non-hydrogen) atoms. The largest absolute Gasteiger partial charge is 0.468 e. The Kier molecular flexibility index (Phi) is 13.3. The van der Waals surface area contributed by atoms with Crippen molar-refractivity contribution in [1.29, 1.82) is 0 Å². The van der Waals surface area contributed by atoms with Crippen LogP contribution >= 0.6 is 15.9 Å². The summed E-state index contributed by atoms with van der Waals surface area (Å²) in [7, 11) is 1.44. The molecule has 0 N–H and O–H groups in total. The molecule has 0 aliphatic heterocycles. The minimum absolute atomic E-state index is 0.114. The van der Waals surface area contributed by atoms with Crippen LogP contribution in [-0.2, 0) is 9.53 Å². The number of hydrogen-bond acceptors (Lipinski definition) is 2. The quantitative estimate of drug-likeness (QED) is 0.279. The molecule has 0 aromatic rings. The third kappa shape index (κ3) is 11.1. The molecule has 0 heterocycles. The fourth-order valence-electron chi connectivity index (χ4n) is 2.06. The van der Waals surface area contributed by atoms with Crippen LogP contribution < -0.4 is 0 Å². The molecule has 0 saturated heterocycles. The van der Waals surface area contributed by atoms with E-state index in [1.807, 2.05) is 0 Å². The Hall–Kier alpha value is -0.0500. The van der Waals surface area contributed by atoms with Gasteiger partial charge in [-0.05, 0) is 6.42 Å². The maximum atomic E-state index is 11.1. The number of hydrogen-bond donors (Lipinski definition) is 0. The van der Waals surface area contributed by atoms with Crippen LogP contribution in [0, 0.1) is 0 Å². The lowest BCUT2D eigenvalue weighted by Crippen LogP contribution is -2.15. The summed E-state index contributed by atoms with van der Waals surface area (Å²) in [4.78, 5) is 11.0. The molecule has 2 nitrogen and oxygen atoms in total. The van der Waals surface area contributed by atoms with E-state index < -0.39 is 0 Å². The lowest BCUT2D eigenvalue weighted by Gasteiger charge is -2.07. The molecule has 108 valence electrons. The van der Waals surface area contributed by atoms with E-state index in [4.69, 9.17) is 0 Å². The average molecular weight is 321 g/mol. The molecule has 0 radical (unpaired) electrons. The molecule has 0 aromatic carbocycles. The molecule has 3 heteroatoms. The average Bonchev–Trinajstić information content (AvgIpc) is 2.39. The zero-order chi connectivity index (χ0) is 13.6. The summed E-state index contributed by atoms with van der Waals surface area (Å²) in [5, 5.41) is 0. The molecule has 0 aliphatic carbocycles. The molecule has 0 saturated carbocycles. The summed E-state index contributed by atoms with van der Waals surface area (Å²) < 4.78 is 4.67. The second-order valence-corrected chi connectivity index (χ2v) is 6.07. The maximum Gasteiger partial charge on any atom is 0.319 e. The van der Waals surface area contributed by atoms with Gasteiger partial charge in [0.15, 0.2) is 0 Å². The molecule has 1 unspecified atom stereocenters. The molecule has 1 atom stereocenters. The first-order chi connectivity index (χ1) is 8.72. The van der Waals surface area contributed by atoms with Gasteiger partial charge in [0.1, 0.15) is 4.83 Å². The van der Waals surface area contributed by atoms with Gasteiger partial charge in [0.05, 0.1) is 7.11 Å². The number of alkyl halides is 1. The van der Waals surface area contributed by atoms with E-state index in [0.717, 1.165) is 12.8 Å². The molecule has 0 aromatic heterocycles. The van der Waals surface area contributed by atoms with Gasteiger partial charge in [-0.15, -0.1) is 0 Å². The second-order valence-electron chi connectivity index (χ2n) is 4.96. The van der Waals surface area contributed by atoms with Crippen LogP contribution in [-0.4, -0.2) is 17.9 Å². The van der Waals surface area contributed by atoms with Crippen molar-refractivity contribution in [3.05, 3.63) is 0 Å². The Balaban J connectivity index is 3.14. The third-order valence-electron chi connectivity index (χ3n) is 3.27. The lowest BCUT2D eigenvalue weighted by molar-refractivity contribution is -0.139. The zero-order valence-corrected chi connectivity index (χ0v) is 13.6. The van der Waals surface area contributed by atoms with E-state index >= 15 is 0 Å². The van der Waals surface area contributed by atoms with Crippen molar-refractivity contribution < 1.29 is 9.53 Å². The van der Waals surface area contributed by atoms with Gasteiger partial charge in [-0.25, -0.2) is 0 Å². The van der Waals surface area contributed by atoms with E-state index in [0.29, 0.717) is 0 Å². The van der Waals surface area contributed by atoms with Crippen LogP contribution in [0.3, 0.4) is 0 Å². The first-order valence-electron chi connectivity index (χ1n) is 7.44. The van der Waals surface area contributed by atoms with Crippen LogP contribution in [0.25, 0.3) is 0 Å². The number of carbonyl (C=O) groups is 1. The smallest absolute Gasteiger partial charge is 0.319 e. The fourth-order valence-corrected chi connectivity index (χ4v) is 2.57.